The van der Waals surface area contributed by atoms with Gasteiger partial charge in [-0.1, -0.05) is 0 Å². The van der Waals surface area contributed by atoms with Gasteiger partial charge in [0.05, 0.1) is 12.9 Å². The number of nitrogens with two attached hydrogens (primary N) is 1. The standard InChI is InChI=1S/C23H34N6O5/c1-13(2)28(15-7-14(8-15)5-6-17(30)31)9-16-19-23(10-32-16,34-22(3,4)33-19)29-12-27-18-20(24)25-11-26-21(18)29/h11-16,19H,5-10H2,1-4H3,(H,30,31)(H2,24,25,26)/t14?,15?,16-,19-,23-/m1/s1. The minimum absolute atomic E-state index is 0.209. The molecule has 0 bridgehead atoms. The highest BCUT2D eigenvalue weighted by Gasteiger charge is 2.63. The number of rotatable bonds is 8. The van der Waals surface area contributed by atoms with Crippen molar-refractivity contribution in [3.05, 3.63) is 12.7 Å². The fourth-order valence-corrected chi connectivity index (χ4v) is 5.76. The lowest BCUT2D eigenvalue weighted by Crippen LogP contribution is -2.53. The molecular formula is C23H34N6O5. The van der Waals surface area contributed by atoms with Gasteiger partial charge in [0.25, 0.3) is 0 Å². The van der Waals surface area contributed by atoms with Crippen molar-refractivity contribution in [3.63, 3.8) is 0 Å². The molecule has 11 nitrogen and oxygen atoms in total. The molecule has 2 aliphatic heterocycles. The third kappa shape index (κ3) is 3.94. The number of hydrogen-bond acceptors (Lipinski definition) is 9. The average Bonchev–Trinajstić information content (AvgIpc) is 3.36. The molecule has 0 radical (unpaired) electrons. The summed E-state index contributed by atoms with van der Waals surface area (Å²) in [6, 6.07) is 0.732. The first-order valence-electron chi connectivity index (χ1n) is 12.0. The number of imidazole rings is 1. The number of nitrogen functional groups attached to an aromatic ring is 1. The van der Waals surface area contributed by atoms with Crippen LogP contribution in [0, 0.1) is 5.92 Å². The summed E-state index contributed by atoms with van der Waals surface area (Å²) in [6.45, 7) is 9.19. The zero-order chi connectivity index (χ0) is 24.3. The van der Waals surface area contributed by atoms with Crippen molar-refractivity contribution in [1.82, 2.24) is 24.4 Å². The summed E-state index contributed by atoms with van der Waals surface area (Å²) >= 11 is 0. The second-order valence-corrected chi connectivity index (χ2v) is 10.5. The van der Waals surface area contributed by atoms with Crippen LogP contribution in [-0.2, 0) is 24.7 Å². The zero-order valence-electron chi connectivity index (χ0n) is 20.2. The van der Waals surface area contributed by atoms with Crippen molar-refractivity contribution >= 4 is 23.0 Å². The van der Waals surface area contributed by atoms with Crippen molar-refractivity contribution in [2.24, 2.45) is 5.92 Å². The lowest BCUT2D eigenvalue weighted by molar-refractivity contribution is -0.206. The van der Waals surface area contributed by atoms with Crippen LogP contribution in [0.3, 0.4) is 0 Å². The van der Waals surface area contributed by atoms with Gasteiger partial charge < -0.3 is 25.1 Å². The van der Waals surface area contributed by atoms with Gasteiger partial charge in [-0.3, -0.25) is 14.3 Å². The Balaban J connectivity index is 1.37. The first kappa shape index (κ1) is 23.4. The van der Waals surface area contributed by atoms with Gasteiger partial charge in [-0.2, -0.15) is 0 Å². The van der Waals surface area contributed by atoms with E-state index in [0.29, 0.717) is 48.1 Å². The first-order valence-corrected chi connectivity index (χ1v) is 12.0. The molecule has 2 aromatic heterocycles. The van der Waals surface area contributed by atoms with Gasteiger partial charge in [-0.25, -0.2) is 15.0 Å². The van der Waals surface area contributed by atoms with E-state index in [0.717, 1.165) is 19.3 Å². The Labute approximate surface area is 198 Å². The normalized spacial score (nSPS) is 32.4. The second-order valence-electron chi connectivity index (χ2n) is 10.5. The smallest absolute Gasteiger partial charge is 0.303 e. The highest BCUT2D eigenvalue weighted by Crippen LogP contribution is 2.48. The summed E-state index contributed by atoms with van der Waals surface area (Å²) in [7, 11) is 0. The van der Waals surface area contributed by atoms with Crippen LogP contribution in [0.2, 0.25) is 0 Å². The summed E-state index contributed by atoms with van der Waals surface area (Å²) in [5.74, 6) is -0.736. The summed E-state index contributed by atoms with van der Waals surface area (Å²) < 4.78 is 21.1. The molecule has 3 N–H and O–H groups in total. The summed E-state index contributed by atoms with van der Waals surface area (Å²) in [6.07, 6.45) is 5.54. The van der Waals surface area contributed by atoms with Gasteiger partial charge in [0.1, 0.15) is 24.1 Å². The molecule has 1 saturated carbocycles. The molecule has 11 heteroatoms. The Bertz CT molecular complexity index is 1070. The summed E-state index contributed by atoms with van der Waals surface area (Å²) in [5.41, 5.74) is 6.22. The topological polar surface area (TPSA) is 138 Å². The quantitative estimate of drug-likeness (QED) is 0.584. The van der Waals surface area contributed by atoms with Crippen molar-refractivity contribution < 1.29 is 24.1 Å². The number of carboxylic acids is 1. The third-order valence-corrected chi connectivity index (χ3v) is 7.39. The van der Waals surface area contributed by atoms with E-state index in [2.05, 4.69) is 33.7 Å². The second kappa shape index (κ2) is 8.40. The lowest BCUT2D eigenvalue weighted by Gasteiger charge is -2.46. The van der Waals surface area contributed by atoms with Crippen molar-refractivity contribution in [3.8, 4) is 0 Å². The maximum absolute atomic E-state index is 10.9. The Morgan fingerprint density at radius 3 is 2.79 bits per heavy atom. The van der Waals surface area contributed by atoms with Crippen molar-refractivity contribution in [2.45, 2.75) is 89.2 Å². The molecule has 2 aromatic rings. The van der Waals surface area contributed by atoms with E-state index < -0.39 is 17.5 Å². The Kier molecular flexibility index (Phi) is 5.78. The number of carboxylic acid groups (broad SMARTS) is 1. The van der Waals surface area contributed by atoms with Gasteiger partial charge in [-0.15, -0.1) is 0 Å². The molecule has 3 fully saturated rings. The molecular weight excluding hydrogens is 440 g/mol. The molecule has 1 aliphatic carbocycles. The number of aliphatic carboxylic acids is 1. The number of anilines is 1. The van der Waals surface area contributed by atoms with Crippen LogP contribution in [0.5, 0.6) is 0 Å². The average molecular weight is 475 g/mol. The fraction of sp³-hybridized carbons (Fsp3) is 0.739. The molecule has 0 amide bonds. The van der Waals surface area contributed by atoms with Crippen LogP contribution in [0.15, 0.2) is 12.7 Å². The largest absolute Gasteiger partial charge is 0.481 e. The Hall–Kier alpha value is -2.34. The van der Waals surface area contributed by atoms with Gasteiger partial charge in [0, 0.05) is 25.0 Å². The highest BCUT2D eigenvalue weighted by atomic mass is 16.8. The van der Waals surface area contributed by atoms with Crippen LogP contribution in [0.1, 0.15) is 53.4 Å². The Morgan fingerprint density at radius 1 is 1.32 bits per heavy atom. The molecule has 5 rings (SSSR count). The number of hydrogen-bond donors (Lipinski definition) is 2. The fourth-order valence-electron chi connectivity index (χ4n) is 5.76. The number of carbonyl (C=O) groups is 1. The number of ether oxygens (including phenoxy) is 3. The van der Waals surface area contributed by atoms with Crippen molar-refractivity contribution in [1.29, 1.82) is 0 Å². The number of fused-ring (bicyclic) bond motifs is 2. The van der Waals surface area contributed by atoms with E-state index in [1.54, 1.807) is 6.33 Å². The minimum atomic E-state index is -0.907. The van der Waals surface area contributed by atoms with E-state index in [1.807, 2.05) is 18.4 Å². The Morgan fingerprint density at radius 2 is 2.09 bits per heavy atom. The SMILES string of the molecule is CC(C)N(C[C@H]1OC[C@@]2(n3cnc4c(N)ncnc43)OC(C)(C)O[C@H]12)C1CC(CCC(=O)O)C1. The molecule has 34 heavy (non-hydrogen) atoms. The van der Waals surface area contributed by atoms with Gasteiger partial charge in [0.15, 0.2) is 17.3 Å². The minimum Gasteiger partial charge on any atom is -0.481 e. The lowest BCUT2D eigenvalue weighted by atomic mass is 9.76. The highest BCUT2D eigenvalue weighted by molar-refractivity contribution is 5.81. The zero-order valence-corrected chi connectivity index (χ0v) is 20.2. The van der Waals surface area contributed by atoms with E-state index in [4.69, 9.17) is 25.1 Å². The van der Waals surface area contributed by atoms with Crippen LogP contribution >= 0.6 is 0 Å². The maximum atomic E-state index is 10.9. The molecule has 2 saturated heterocycles. The number of nitrogens with zero attached hydrogens (tertiary/aromatic N) is 5. The first-order chi connectivity index (χ1) is 16.1. The third-order valence-electron chi connectivity index (χ3n) is 7.39. The molecule has 4 heterocycles. The summed E-state index contributed by atoms with van der Waals surface area (Å²) in [5, 5.41) is 8.97. The molecule has 0 spiro atoms. The molecule has 3 aliphatic rings. The van der Waals surface area contributed by atoms with Crippen LogP contribution in [0.25, 0.3) is 11.2 Å². The molecule has 0 unspecified atom stereocenters. The van der Waals surface area contributed by atoms with Crippen LogP contribution < -0.4 is 5.73 Å². The van der Waals surface area contributed by atoms with E-state index >= 15 is 0 Å². The van der Waals surface area contributed by atoms with Gasteiger partial charge in [0.2, 0.25) is 5.72 Å². The van der Waals surface area contributed by atoms with E-state index in [9.17, 15) is 4.79 Å². The van der Waals surface area contributed by atoms with E-state index in [-0.39, 0.29) is 18.6 Å². The predicted molar refractivity (Wildman–Crippen MR) is 123 cm³/mol. The molecule has 0 aromatic carbocycles. The van der Waals surface area contributed by atoms with Gasteiger partial charge >= 0.3 is 5.97 Å². The molecule has 3 atom stereocenters. The predicted octanol–water partition coefficient (Wildman–Crippen LogP) is 1.97. The van der Waals surface area contributed by atoms with Gasteiger partial charge in [-0.05, 0) is 52.9 Å². The van der Waals surface area contributed by atoms with Crippen LogP contribution in [0.4, 0.5) is 5.82 Å². The monoisotopic (exact) mass is 474 g/mol. The van der Waals surface area contributed by atoms with E-state index in [1.165, 1.54) is 6.33 Å². The molecule has 186 valence electrons. The maximum Gasteiger partial charge on any atom is 0.303 e. The van der Waals surface area contributed by atoms with Crippen molar-refractivity contribution in [2.75, 3.05) is 18.9 Å². The number of aromatic nitrogens is 4. The van der Waals surface area contributed by atoms with Crippen LogP contribution in [-0.4, -0.2) is 78.7 Å². The summed E-state index contributed by atoms with van der Waals surface area (Å²) in [4.78, 5) is 26.3.